The predicted molar refractivity (Wildman–Crippen MR) is 49.8 cm³/mol. The zero-order valence-corrected chi connectivity index (χ0v) is 7.60. The lowest BCUT2D eigenvalue weighted by Crippen LogP contribution is -2.11. The van der Waals surface area contributed by atoms with Gasteiger partial charge in [0.2, 0.25) is 0 Å². The number of carboxylic acid groups (broad SMARTS) is 1. The van der Waals surface area contributed by atoms with E-state index in [4.69, 9.17) is 11.5 Å². The van der Waals surface area contributed by atoms with Gasteiger partial charge in [-0.25, -0.2) is 4.68 Å². The number of terminal acetylenes is 1. The molecule has 1 aliphatic rings. The Morgan fingerprint density at radius 1 is 1.79 bits per heavy atom. The second kappa shape index (κ2) is 3.18. The highest BCUT2D eigenvalue weighted by molar-refractivity contribution is 5.66. The molecular formula is C10H10N2O2. The molecule has 1 aromatic heterocycles. The minimum atomic E-state index is -0.924. The molecule has 72 valence electrons. The summed E-state index contributed by atoms with van der Waals surface area (Å²) in [4.78, 5) is 10.5. The summed E-state index contributed by atoms with van der Waals surface area (Å²) in [6.07, 6.45) is 7.52. The van der Waals surface area contributed by atoms with E-state index in [-0.39, 0.29) is 6.54 Å². The molecule has 1 N–H and O–H groups in total. The number of hydrogen-bond acceptors (Lipinski definition) is 2. The van der Waals surface area contributed by atoms with E-state index in [9.17, 15) is 4.79 Å². The Balaban J connectivity index is 2.28. The first-order chi connectivity index (χ1) is 6.70. The molecule has 4 heteroatoms. The fourth-order valence-corrected chi connectivity index (χ4v) is 1.38. The lowest BCUT2D eigenvalue weighted by atomic mass is 10.3. The second-order valence-electron chi connectivity index (χ2n) is 3.42. The number of hydrogen-bond donors (Lipinski definition) is 1. The molecule has 0 amide bonds. The molecule has 14 heavy (non-hydrogen) atoms. The third-order valence-corrected chi connectivity index (χ3v) is 2.23. The van der Waals surface area contributed by atoms with Crippen LogP contribution >= 0.6 is 0 Å². The standard InChI is InChI=1S/C10H10N2O2/c1-2-8-5-9(7-3-4-7)11-12(8)6-10(13)14/h1,5,7H,3-4,6H2,(H,13,14). The Hall–Kier alpha value is -1.76. The second-order valence-corrected chi connectivity index (χ2v) is 3.42. The highest BCUT2D eigenvalue weighted by Gasteiger charge is 2.27. The highest BCUT2D eigenvalue weighted by atomic mass is 16.4. The molecule has 1 saturated carbocycles. The minimum Gasteiger partial charge on any atom is -0.480 e. The molecule has 0 bridgehead atoms. The van der Waals surface area contributed by atoms with Crippen LogP contribution in [0, 0.1) is 12.3 Å². The molecular weight excluding hydrogens is 180 g/mol. The van der Waals surface area contributed by atoms with Gasteiger partial charge in [0.25, 0.3) is 0 Å². The molecule has 0 atom stereocenters. The van der Waals surface area contributed by atoms with Gasteiger partial charge in [0, 0.05) is 5.92 Å². The summed E-state index contributed by atoms with van der Waals surface area (Å²) >= 11 is 0. The summed E-state index contributed by atoms with van der Waals surface area (Å²) in [6.45, 7) is -0.160. The van der Waals surface area contributed by atoms with Gasteiger partial charge < -0.3 is 5.11 Å². The average Bonchev–Trinajstić information content (AvgIpc) is 2.89. The van der Waals surface area contributed by atoms with Crippen LogP contribution in [0.5, 0.6) is 0 Å². The van der Waals surface area contributed by atoms with Crippen LogP contribution in [-0.2, 0) is 11.3 Å². The smallest absolute Gasteiger partial charge is 0.325 e. The van der Waals surface area contributed by atoms with Gasteiger partial charge in [-0.1, -0.05) is 5.92 Å². The van der Waals surface area contributed by atoms with E-state index >= 15 is 0 Å². The van der Waals surface area contributed by atoms with Crippen molar-refractivity contribution in [3.63, 3.8) is 0 Å². The van der Waals surface area contributed by atoms with Gasteiger partial charge in [0.1, 0.15) is 12.2 Å². The topological polar surface area (TPSA) is 55.1 Å². The maximum absolute atomic E-state index is 10.5. The van der Waals surface area contributed by atoms with Gasteiger partial charge >= 0.3 is 5.97 Å². The van der Waals surface area contributed by atoms with Crippen LogP contribution in [0.25, 0.3) is 0 Å². The lowest BCUT2D eigenvalue weighted by Gasteiger charge is -1.97. The van der Waals surface area contributed by atoms with E-state index in [1.807, 2.05) is 0 Å². The SMILES string of the molecule is C#Cc1cc(C2CC2)nn1CC(=O)O. The minimum absolute atomic E-state index is 0.160. The molecule has 4 nitrogen and oxygen atoms in total. The first-order valence-corrected chi connectivity index (χ1v) is 4.47. The van der Waals surface area contributed by atoms with Crippen molar-refractivity contribution in [2.24, 2.45) is 0 Å². The summed E-state index contributed by atoms with van der Waals surface area (Å²) in [5.74, 6) is 2.01. The van der Waals surface area contributed by atoms with Gasteiger partial charge in [-0.2, -0.15) is 5.10 Å². The largest absolute Gasteiger partial charge is 0.480 e. The summed E-state index contributed by atoms with van der Waals surface area (Å²) in [7, 11) is 0. The van der Waals surface area contributed by atoms with E-state index in [0.29, 0.717) is 11.6 Å². The number of aromatic nitrogens is 2. The average molecular weight is 190 g/mol. The van der Waals surface area contributed by atoms with Crippen LogP contribution in [0.3, 0.4) is 0 Å². The van der Waals surface area contributed by atoms with Crippen molar-refractivity contribution in [1.29, 1.82) is 0 Å². The number of carbonyl (C=O) groups is 1. The van der Waals surface area contributed by atoms with Gasteiger partial charge in [-0.05, 0) is 18.9 Å². The fraction of sp³-hybridized carbons (Fsp3) is 0.400. The molecule has 0 unspecified atom stereocenters. The van der Waals surface area contributed by atoms with E-state index in [1.54, 1.807) is 6.07 Å². The molecule has 0 aliphatic heterocycles. The van der Waals surface area contributed by atoms with Crippen LogP contribution in [0.4, 0.5) is 0 Å². The van der Waals surface area contributed by atoms with Crippen molar-refractivity contribution in [1.82, 2.24) is 9.78 Å². The summed E-state index contributed by atoms with van der Waals surface area (Å²) in [5, 5.41) is 12.8. The van der Waals surface area contributed by atoms with E-state index in [0.717, 1.165) is 18.5 Å². The zero-order chi connectivity index (χ0) is 10.1. The molecule has 2 rings (SSSR count). The van der Waals surface area contributed by atoms with Gasteiger partial charge in [-0.3, -0.25) is 4.79 Å². The quantitative estimate of drug-likeness (QED) is 0.718. The molecule has 1 aliphatic carbocycles. The Morgan fingerprint density at radius 2 is 2.50 bits per heavy atom. The summed E-state index contributed by atoms with van der Waals surface area (Å²) in [5.41, 5.74) is 1.48. The number of carboxylic acids is 1. The molecule has 0 aromatic carbocycles. The van der Waals surface area contributed by atoms with E-state index < -0.39 is 5.97 Å². The summed E-state index contributed by atoms with van der Waals surface area (Å²) < 4.78 is 1.37. The van der Waals surface area contributed by atoms with E-state index in [1.165, 1.54) is 4.68 Å². The van der Waals surface area contributed by atoms with Crippen molar-refractivity contribution in [2.45, 2.75) is 25.3 Å². The molecule has 0 saturated heterocycles. The third-order valence-electron chi connectivity index (χ3n) is 2.23. The normalized spacial score (nSPS) is 15.1. The molecule has 0 radical (unpaired) electrons. The monoisotopic (exact) mass is 190 g/mol. The van der Waals surface area contributed by atoms with Crippen LogP contribution in [0.1, 0.15) is 30.1 Å². The first kappa shape index (κ1) is 8.82. The lowest BCUT2D eigenvalue weighted by molar-refractivity contribution is -0.137. The van der Waals surface area contributed by atoms with Crippen LogP contribution in [0.15, 0.2) is 6.07 Å². The van der Waals surface area contributed by atoms with E-state index in [2.05, 4.69) is 11.0 Å². The number of aliphatic carboxylic acids is 1. The van der Waals surface area contributed by atoms with Crippen molar-refractivity contribution in [2.75, 3.05) is 0 Å². The third kappa shape index (κ3) is 1.62. The van der Waals surface area contributed by atoms with Crippen molar-refractivity contribution in [3.8, 4) is 12.3 Å². The zero-order valence-electron chi connectivity index (χ0n) is 7.60. The van der Waals surface area contributed by atoms with Crippen LogP contribution in [0.2, 0.25) is 0 Å². The Labute approximate surface area is 81.5 Å². The van der Waals surface area contributed by atoms with Crippen LogP contribution < -0.4 is 0 Å². The number of rotatable bonds is 3. The Kier molecular flexibility index (Phi) is 2.01. The molecule has 0 spiro atoms. The fourth-order valence-electron chi connectivity index (χ4n) is 1.38. The van der Waals surface area contributed by atoms with Crippen molar-refractivity contribution >= 4 is 5.97 Å². The van der Waals surface area contributed by atoms with Crippen molar-refractivity contribution < 1.29 is 9.90 Å². The predicted octanol–water partition coefficient (Wildman–Crippen LogP) is 0.826. The first-order valence-electron chi connectivity index (χ1n) is 4.47. The Morgan fingerprint density at radius 3 is 3.00 bits per heavy atom. The maximum atomic E-state index is 10.5. The summed E-state index contributed by atoms with van der Waals surface area (Å²) in [6, 6.07) is 1.81. The highest BCUT2D eigenvalue weighted by Crippen LogP contribution is 2.39. The molecule has 1 aromatic rings. The molecule has 1 heterocycles. The number of nitrogens with zero attached hydrogens (tertiary/aromatic N) is 2. The Bertz CT molecular complexity index is 410. The van der Waals surface area contributed by atoms with Crippen LogP contribution in [-0.4, -0.2) is 20.9 Å². The van der Waals surface area contributed by atoms with Gasteiger partial charge in [0.05, 0.1) is 5.69 Å². The van der Waals surface area contributed by atoms with Gasteiger partial charge in [-0.15, -0.1) is 6.42 Å². The van der Waals surface area contributed by atoms with Crippen molar-refractivity contribution in [3.05, 3.63) is 17.5 Å². The maximum Gasteiger partial charge on any atom is 0.325 e. The molecule has 1 fully saturated rings. The van der Waals surface area contributed by atoms with Gasteiger partial charge in [0.15, 0.2) is 0 Å².